The Morgan fingerprint density at radius 3 is 2.03 bits per heavy atom. The van der Waals surface area contributed by atoms with Crippen molar-refractivity contribution in [2.75, 3.05) is 62.2 Å². The summed E-state index contributed by atoms with van der Waals surface area (Å²) >= 11 is 5.90. The van der Waals surface area contributed by atoms with E-state index < -0.39 is 23.6 Å². The molecule has 14 heteroatoms. The number of anilines is 2. The van der Waals surface area contributed by atoms with Crippen molar-refractivity contribution in [1.29, 1.82) is 0 Å². The highest BCUT2D eigenvalue weighted by Gasteiger charge is 2.33. The minimum atomic E-state index is -4.41. The van der Waals surface area contributed by atoms with Crippen LogP contribution >= 0.6 is 11.6 Å². The van der Waals surface area contributed by atoms with Crippen LogP contribution in [0.3, 0.4) is 0 Å². The van der Waals surface area contributed by atoms with Gasteiger partial charge in [-0.25, -0.2) is 15.0 Å². The number of aromatic nitrogens is 3. The molecule has 35 heavy (non-hydrogen) atoms. The summed E-state index contributed by atoms with van der Waals surface area (Å²) in [5.74, 6) is 0.580. The van der Waals surface area contributed by atoms with Gasteiger partial charge in [0.2, 0.25) is 5.95 Å². The summed E-state index contributed by atoms with van der Waals surface area (Å²) in [5.41, 5.74) is -1.70. The zero-order valence-electron chi connectivity index (χ0n) is 18.8. The molecule has 2 aliphatic rings. The van der Waals surface area contributed by atoms with E-state index in [1.807, 2.05) is 4.90 Å². The third-order valence-corrected chi connectivity index (χ3v) is 5.62. The number of nitrogens with one attached hydrogen (secondary N) is 2. The first-order valence-electron chi connectivity index (χ1n) is 11.1. The van der Waals surface area contributed by atoms with E-state index in [-0.39, 0.29) is 11.0 Å². The van der Waals surface area contributed by atoms with Crippen LogP contribution in [-0.2, 0) is 12.4 Å². The zero-order chi connectivity index (χ0) is 25.5. The lowest BCUT2D eigenvalue weighted by atomic mass is 10.2. The van der Waals surface area contributed by atoms with Crippen LogP contribution in [0.1, 0.15) is 24.1 Å². The van der Waals surface area contributed by atoms with Crippen molar-refractivity contribution in [1.82, 2.24) is 25.6 Å². The molecule has 2 aromatic rings. The number of pyridine rings is 1. The highest BCUT2D eigenvalue weighted by Crippen LogP contribution is 2.33. The Bertz CT molecular complexity index is 940. The predicted octanol–water partition coefficient (Wildman–Crippen LogP) is 3.85. The molecule has 0 unspecified atom stereocenters. The van der Waals surface area contributed by atoms with E-state index in [2.05, 4.69) is 25.6 Å². The second-order valence-corrected chi connectivity index (χ2v) is 8.36. The molecule has 2 aliphatic heterocycles. The van der Waals surface area contributed by atoms with E-state index in [1.165, 1.54) is 0 Å². The second-order valence-electron chi connectivity index (χ2n) is 7.95. The summed E-state index contributed by atoms with van der Waals surface area (Å²) in [7, 11) is 0. The summed E-state index contributed by atoms with van der Waals surface area (Å²) in [6.45, 7) is 6.02. The summed E-state index contributed by atoms with van der Waals surface area (Å²) in [5, 5.41) is 6.43. The molecule has 2 saturated heterocycles. The van der Waals surface area contributed by atoms with E-state index in [1.54, 1.807) is 4.90 Å². The quantitative estimate of drug-likeness (QED) is 0.577. The number of hydrogen-bond acceptors (Lipinski definition) is 7. The lowest BCUT2D eigenvalue weighted by Gasteiger charge is -2.22. The van der Waals surface area contributed by atoms with E-state index in [9.17, 15) is 26.3 Å². The first-order chi connectivity index (χ1) is 16.6. The lowest BCUT2D eigenvalue weighted by molar-refractivity contribution is -0.141. The molecule has 7 nitrogen and oxygen atoms in total. The van der Waals surface area contributed by atoms with Crippen LogP contribution in [0.15, 0.2) is 24.5 Å². The van der Waals surface area contributed by atoms with Gasteiger partial charge in [0.25, 0.3) is 0 Å². The molecule has 0 saturated carbocycles. The number of hydrogen-bond donors (Lipinski definition) is 2. The van der Waals surface area contributed by atoms with Crippen molar-refractivity contribution >= 4 is 23.4 Å². The van der Waals surface area contributed by atoms with E-state index >= 15 is 0 Å². The molecule has 0 bridgehead atoms. The Hall–Kier alpha value is -2.38. The molecule has 4 rings (SSSR count). The lowest BCUT2D eigenvalue weighted by Crippen LogP contribution is -2.30. The first kappa shape index (κ1) is 27.2. The van der Waals surface area contributed by atoms with Crippen LogP contribution in [0, 0.1) is 0 Å². The molecule has 2 fully saturated rings. The maximum Gasteiger partial charge on any atom is 0.433 e. The monoisotopic (exact) mass is 525 g/mol. The number of alkyl halides is 6. The molecule has 0 amide bonds. The van der Waals surface area contributed by atoms with Gasteiger partial charge in [-0.3, -0.25) is 0 Å². The molecule has 0 spiro atoms. The third-order valence-electron chi connectivity index (χ3n) is 5.34. The highest BCUT2D eigenvalue weighted by molar-refractivity contribution is 6.33. The molecule has 0 radical (unpaired) electrons. The Labute approximate surface area is 203 Å². The fraction of sp³-hybridized carbons (Fsp3) is 0.571. The molecule has 0 aliphatic carbocycles. The van der Waals surface area contributed by atoms with Crippen LogP contribution in [-0.4, -0.2) is 67.3 Å². The number of halogens is 7. The fourth-order valence-corrected chi connectivity index (χ4v) is 3.87. The summed E-state index contributed by atoms with van der Waals surface area (Å²) < 4.78 is 74.9. The topological polar surface area (TPSA) is 69.2 Å². The van der Waals surface area contributed by atoms with Gasteiger partial charge in [0.15, 0.2) is 0 Å². The Morgan fingerprint density at radius 1 is 0.800 bits per heavy atom. The molecule has 0 aromatic carbocycles. The van der Waals surface area contributed by atoms with Gasteiger partial charge in [0, 0.05) is 51.7 Å². The molecular weight excluding hydrogens is 500 g/mol. The molecule has 194 valence electrons. The van der Waals surface area contributed by atoms with Gasteiger partial charge in [-0.2, -0.15) is 26.3 Å². The van der Waals surface area contributed by atoms with Crippen molar-refractivity contribution in [2.45, 2.75) is 25.2 Å². The van der Waals surface area contributed by atoms with Gasteiger partial charge in [-0.05, 0) is 38.1 Å². The number of nitrogens with zero attached hydrogens (tertiary/aromatic N) is 5. The van der Waals surface area contributed by atoms with Crippen molar-refractivity contribution in [3.05, 3.63) is 40.8 Å². The van der Waals surface area contributed by atoms with Crippen molar-refractivity contribution in [3.63, 3.8) is 0 Å². The molecule has 2 N–H and O–H groups in total. The number of rotatable bonds is 2. The Kier molecular flexibility index (Phi) is 9.36. The van der Waals surface area contributed by atoms with Crippen molar-refractivity contribution < 1.29 is 26.3 Å². The first-order valence-corrected chi connectivity index (χ1v) is 11.5. The van der Waals surface area contributed by atoms with Crippen LogP contribution in [0.25, 0.3) is 0 Å². The minimum Gasteiger partial charge on any atom is -0.354 e. The van der Waals surface area contributed by atoms with Crippen molar-refractivity contribution in [3.8, 4) is 0 Å². The SMILES string of the molecule is FC(F)(F)c1ccnc(N2CCCNCC2)n1.FC(F)(F)c1cnc(N2CCCNCC2)c(Cl)c1. The van der Waals surface area contributed by atoms with Gasteiger partial charge in [0.05, 0.1) is 10.6 Å². The normalized spacial score (nSPS) is 17.8. The molecule has 0 atom stereocenters. The predicted molar refractivity (Wildman–Crippen MR) is 121 cm³/mol. The van der Waals surface area contributed by atoms with Gasteiger partial charge in [-0.1, -0.05) is 11.6 Å². The van der Waals surface area contributed by atoms with E-state index in [4.69, 9.17) is 11.6 Å². The zero-order valence-corrected chi connectivity index (χ0v) is 19.5. The second kappa shape index (κ2) is 12.0. The summed E-state index contributed by atoms with van der Waals surface area (Å²) in [6, 6.07) is 1.82. The van der Waals surface area contributed by atoms with Gasteiger partial charge >= 0.3 is 12.4 Å². The van der Waals surface area contributed by atoms with E-state index in [0.29, 0.717) is 25.5 Å². The maximum atomic E-state index is 12.5. The van der Waals surface area contributed by atoms with E-state index in [0.717, 1.165) is 70.1 Å². The minimum absolute atomic E-state index is 0.0479. The fourth-order valence-electron chi connectivity index (χ4n) is 3.58. The maximum absolute atomic E-state index is 12.5. The standard InChI is InChI=1S/C11H13ClF3N3.C10H13F3N4/c12-9-6-8(11(13,14)15)7-17-10(9)18-4-1-2-16-3-5-18;11-10(12,13)8-2-4-15-9(16-8)17-6-1-3-14-5-7-17/h6-7,16H,1-5H2;2,4,14H,1,3,5-7H2. The molecular formula is C21H26ClF6N7. The Balaban J connectivity index is 0.000000196. The molecule has 4 heterocycles. The average Bonchev–Trinajstić information content (AvgIpc) is 3.24. The van der Waals surface area contributed by atoms with Gasteiger partial charge in [0.1, 0.15) is 11.5 Å². The van der Waals surface area contributed by atoms with Gasteiger partial charge < -0.3 is 20.4 Å². The average molecular weight is 526 g/mol. The van der Waals surface area contributed by atoms with Crippen molar-refractivity contribution in [2.24, 2.45) is 0 Å². The molecule has 2 aromatic heterocycles. The van der Waals surface area contributed by atoms with Crippen LogP contribution in [0.4, 0.5) is 38.1 Å². The Morgan fingerprint density at radius 2 is 1.43 bits per heavy atom. The van der Waals surface area contributed by atoms with Crippen LogP contribution in [0.2, 0.25) is 5.02 Å². The summed E-state index contributed by atoms with van der Waals surface area (Å²) in [4.78, 5) is 15.0. The highest BCUT2D eigenvalue weighted by atomic mass is 35.5. The third kappa shape index (κ3) is 8.07. The largest absolute Gasteiger partial charge is 0.433 e. The summed E-state index contributed by atoms with van der Waals surface area (Å²) in [6.07, 6.45) is -5.04. The van der Waals surface area contributed by atoms with Crippen LogP contribution in [0.5, 0.6) is 0 Å². The van der Waals surface area contributed by atoms with Gasteiger partial charge in [-0.15, -0.1) is 0 Å². The smallest absolute Gasteiger partial charge is 0.354 e. The van der Waals surface area contributed by atoms with Crippen LogP contribution < -0.4 is 20.4 Å².